The number of amides is 1. The summed E-state index contributed by atoms with van der Waals surface area (Å²) in [5, 5.41) is 6.48. The largest absolute Gasteiger partial charge is 0.370 e. The van der Waals surface area contributed by atoms with Gasteiger partial charge in [0.25, 0.3) is 5.91 Å². The Morgan fingerprint density at radius 1 is 1.35 bits per heavy atom. The minimum atomic E-state index is -0.209. The van der Waals surface area contributed by atoms with Crippen LogP contribution in [0.5, 0.6) is 0 Å². The number of hydrogen-bond acceptors (Lipinski definition) is 3. The van der Waals surface area contributed by atoms with E-state index in [1.807, 2.05) is 6.92 Å². The first kappa shape index (κ1) is 16.8. The predicted molar refractivity (Wildman–Crippen MR) is 84.5 cm³/mol. The van der Waals surface area contributed by atoms with E-state index in [2.05, 4.69) is 29.5 Å². The molecule has 0 aliphatic heterocycles. The zero-order valence-electron chi connectivity index (χ0n) is 12.5. The number of anilines is 1. The summed E-state index contributed by atoms with van der Waals surface area (Å²) in [7, 11) is 0. The van der Waals surface area contributed by atoms with E-state index in [1.165, 1.54) is 0 Å². The second-order valence-electron chi connectivity index (χ2n) is 4.97. The van der Waals surface area contributed by atoms with Gasteiger partial charge in [-0.15, -0.1) is 0 Å². The van der Waals surface area contributed by atoms with E-state index < -0.39 is 0 Å². The molecule has 1 amide bonds. The van der Waals surface area contributed by atoms with Crippen LogP contribution in [-0.4, -0.2) is 23.5 Å². The van der Waals surface area contributed by atoms with Crippen molar-refractivity contribution >= 4 is 23.3 Å². The Labute approximate surface area is 126 Å². The van der Waals surface area contributed by atoms with Crippen molar-refractivity contribution in [2.45, 2.75) is 52.5 Å². The molecule has 1 rings (SSSR count). The van der Waals surface area contributed by atoms with Crippen molar-refractivity contribution < 1.29 is 4.79 Å². The molecule has 0 fully saturated rings. The summed E-state index contributed by atoms with van der Waals surface area (Å²) in [4.78, 5) is 16.5. The van der Waals surface area contributed by atoms with Crippen LogP contribution in [0.25, 0.3) is 0 Å². The molecule has 20 heavy (non-hydrogen) atoms. The van der Waals surface area contributed by atoms with E-state index in [0.717, 1.165) is 32.2 Å². The lowest BCUT2D eigenvalue weighted by Crippen LogP contribution is -2.33. The zero-order valence-corrected chi connectivity index (χ0v) is 13.3. The Morgan fingerprint density at radius 2 is 2.10 bits per heavy atom. The van der Waals surface area contributed by atoms with Crippen LogP contribution in [-0.2, 0) is 0 Å². The highest BCUT2D eigenvalue weighted by molar-refractivity contribution is 6.33. The quantitative estimate of drug-likeness (QED) is 0.766. The van der Waals surface area contributed by atoms with Crippen molar-refractivity contribution in [1.82, 2.24) is 10.3 Å². The first-order valence-electron chi connectivity index (χ1n) is 7.29. The summed E-state index contributed by atoms with van der Waals surface area (Å²) in [5.41, 5.74) is 0.288. The van der Waals surface area contributed by atoms with E-state index in [0.29, 0.717) is 10.8 Å². The Morgan fingerprint density at radius 3 is 2.75 bits per heavy atom. The van der Waals surface area contributed by atoms with E-state index in [-0.39, 0.29) is 17.6 Å². The maximum Gasteiger partial charge on any atom is 0.271 e. The number of nitrogens with one attached hydrogen (secondary N) is 2. The van der Waals surface area contributed by atoms with Crippen molar-refractivity contribution in [2.75, 3.05) is 11.9 Å². The van der Waals surface area contributed by atoms with Crippen molar-refractivity contribution in [3.05, 3.63) is 22.8 Å². The molecule has 5 heteroatoms. The van der Waals surface area contributed by atoms with Gasteiger partial charge in [-0.25, -0.2) is 4.98 Å². The van der Waals surface area contributed by atoms with Crippen LogP contribution in [0.3, 0.4) is 0 Å². The topological polar surface area (TPSA) is 54.0 Å². The molecule has 0 spiro atoms. The molecule has 4 nitrogen and oxygen atoms in total. The molecule has 0 saturated carbocycles. The monoisotopic (exact) mass is 297 g/mol. The maximum absolute atomic E-state index is 12.2. The molecule has 0 bridgehead atoms. The van der Waals surface area contributed by atoms with Crippen LogP contribution in [0.2, 0.25) is 5.02 Å². The fourth-order valence-corrected chi connectivity index (χ4v) is 2.02. The van der Waals surface area contributed by atoms with Gasteiger partial charge >= 0.3 is 0 Å². The molecular weight excluding hydrogens is 274 g/mol. The summed E-state index contributed by atoms with van der Waals surface area (Å²) in [6.45, 7) is 7.03. The van der Waals surface area contributed by atoms with Crippen LogP contribution in [0.1, 0.15) is 56.9 Å². The van der Waals surface area contributed by atoms with E-state index in [9.17, 15) is 4.79 Å². The number of carbonyl (C=O) groups excluding carboxylic acids is 1. The first-order valence-corrected chi connectivity index (χ1v) is 7.67. The number of aromatic nitrogens is 1. The summed E-state index contributed by atoms with van der Waals surface area (Å²) in [5.74, 6) is 0.473. The van der Waals surface area contributed by atoms with Crippen LogP contribution < -0.4 is 10.6 Å². The van der Waals surface area contributed by atoms with Gasteiger partial charge in [0, 0.05) is 12.6 Å². The Hall–Kier alpha value is -1.29. The van der Waals surface area contributed by atoms with Crippen LogP contribution >= 0.6 is 11.6 Å². The first-order chi connectivity index (χ1) is 9.58. The van der Waals surface area contributed by atoms with Crippen LogP contribution in [0.4, 0.5) is 5.82 Å². The fourth-order valence-electron chi connectivity index (χ4n) is 1.83. The van der Waals surface area contributed by atoms with Crippen molar-refractivity contribution in [1.29, 1.82) is 0 Å². The van der Waals surface area contributed by atoms with Gasteiger partial charge in [-0.2, -0.15) is 0 Å². The number of nitrogens with zero attached hydrogens (tertiary/aromatic N) is 1. The molecule has 112 valence electrons. The predicted octanol–water partition coefficient (Wildman–Crippen LogP) is 3.87. The molecule has 2 N–H and O–H groups in total. The van der Waals surface area contributed by atoms with Gasteiger partial charge in [-0.3, -0.25) is 4.79 Å². The Kier molecular flexibility index (Phi) is 7.37. The van der Waals surface area contributed by atoms with E-state index in [1.54, 1.807) is 12.1 Å². The Bertz CT molecular complexity index is 437. The molecule has 0 radical (unpaired) electrons. The standard InChI is InChI=1S/C15H24ClN3O/c1-4-6-7-11(3)18-15(20)14-12(16)8-9-13(19-14)17-10-5-2/h8-9,11H,4-7,10H2,1-3H3,(H,17,19)(H,18,20). The van der Waals surface area contributed by atoms with Gasteiger partial charge in [-0.1, -0.05) is 38.3 Å². The van der Waals surface area contributed by atoms with Gasteiger partial charge in [-0.05, 0) is 31.9 Å². The lowest BCUT2D eigenvalue weighted by molar-refractivity contribution is 0.0933. The van der Waals surface area contributed by atoms with Crippen molar-refractivity contribution in [3.8, 4) is 0 Å². The number of pyridine rings is 1. The van der Waals surface area contributed by atoms with Gasteiger partial charge in [0.05, 0.1) is 5.02 Å². The average Bonchev–Trinajstić information content (AvgIpc) is 2.44. The Balaban J connectivity index is 2.70. The van der Waals surface area contributed by atoms with Gasteiger partial charge in [0.15, 0.2) is 0 Å². The average molecular weight is 298 g/mol. The molecule has 0 aliphatic rings. The highest BCUT2D eigenvalue weighted by Gasteiger charge is 2.15. The summed E-state index contributed by atoms with van der Waals surface area (Å²) < 4.78 is 0. The normalized spacial score (nSPS) is 12.0. The summed E-state index contributed by atoms with van der Waals surface area (Å²) >= 11 is 6.06. The van der Waals surface area contributed by atoms with Crippen LogP contribution in [0, 0.1) is 0 Å². The van der Waals surface area contributed by atoms with Gasteiger partial charge in [0.2, 0.25) is 0 Å². The molecule has 1 unspecified atom stereocenters. The fraction of sp³-hybridized carbons (Fsp3) is 0.600. The van der Waals surface area contributed by atoms with E-state index >= 15 is 0 Å². The number of hydrogen-bond donors (Lipinski definition) is 2. The SMILES string of the molecule is CCCCC(C)NC(=O)c1nc(NCCC)ccc1Cl. The van der Waals surface area contributed by atoms with Gasteiger partial charge < -0.3 is 10.6 Å². The molecule has 1 aromatic heterocycles. The van der Waals surface area contributed by atoms with Gasteiger partial charge in [0.1, 0.15) is 11.5 Å². The minimum absolute atomic E-state index is 0.132. The third-order valence-electron chi connectivity index (χ3n) is 2.99. The van der Waals surface area contributed by atoms with E-state index in [4.69, 9.17) is 11.6 Å². The molecule has 1 atom stereocenters. The molecule has 0 saturated heterocycles. The second-order valence-corrected chi connectivity index (χ2v) is 5.38. The summed E-state index contributed by atoms with van der Waals surface area (Å²) in [6, 6.07) is 3.63. The third-order valence-corrected chi connectivity index (χ3v) is 3.29. The number of rotatable bonds is 8. The zero-order chi connectivity index (χ0) is 15.0. The van der Waals surface area contributed by atoms with Crippen molar-refractivity contribution in [2.24, 2.45) is 0 Å². The maximum atomic E-state index is 12.2. The van der Waals surface area contributed by atoms with Crippen molar-refractivity contribution in [3.63, 3.8) is 0 Å². The lowest BCUT2D eigenvalue weighted by atomic mass is 10.1. The molecule has 1 heterocycles. The minimum Gasteiger partial charge on any atom is -0.370 e. The smallest absolute Gasteiger partial charge is 0.271 e. The molecule has 0 aliphatic carbocycles. The number of unbranched alkanes of at least 4 members (excludes halogenated alkanes) is 1. The molecular formula is C15H24ClN3O. The lowest BCUT2D eigenvalue weighted by Gasteiger charge is -2.14. The number of carbonyl (C=O) groups is 1. The molecule has 0 aromatic carbocycles. The number of halogens is 1. The third kappa shape index (κ3) is 5.37. The van der Waals surface area contributed by atoms with Crippen LogP contribution in [0.15, 0.2) is 12.1 Å². The molecule has 1 aromatic rings. The summed E-state index contributed by atoms with van der Waals surface area (Å²) in [6.07, 6.45) is 4.18. The highest BCUT2D eigenvalue weighted by Crippen LogP contribution is 2.17. The highest BCUT2D eigenvalue weighted by atomic mass is 35.5. The second kappa shape index (κ2) is 8.80.